The Hall–Kier alpha value is -7.62. The zero-order valence-electron chi connectivity index (χ0n) is 37.9. The van der Waals surface area contributed by atoms with Gasteiger partial charge in [-0.3, -0.25) is 0 Å². The summed E-state index contributed by atoms with van der Waals surface area (Å²) >= 11 is 0. The van der Waals surface area contributed by atoms with Gasteiger partial charge in [-0.1, -0.05) is 135 Å². The fourth-order valence-electron chi connectivity index (χ4n) is 10.2. The second kappa shape index (κ2) is 12.2. The number of nitrogens with zero attached hydrogens (tertiary/aromatic N) is 2. The van der Waals surface area contributed by atoms with E-state index in [4.69, 9.17) is 11.3 Å². The molecule has 0 amide bonds. The largest absolute Gasteiger partial charge is 0.456 e. The van der Waals surface area contributed by atoms with E-state index in [1.807, 2.05) is 24.3 Å². The maximum Gasteiger partial charge on any atom is 0.137 e. The Labute approximate surface area is 354 Å². The lowest BCUT2D eigenvalue weighted by molar-refractivity contribution is 0.660. The number of hydrogen-bond donors (Lipinski definition) is 0. The maximum atomic E-state index is 8.83. The standard InChI is InChI=1S/C57H38N2O/c1-57(2)48-19-12-18-40(35-13-4-3-5-14-35)56(48)45-28-26-38(33-49(45)57)58-50-20-9-6-15-41(50)46-31-36(23-29-52(46)58)37-24-30-53-47(32-37)42-16-7-10-21-51(42)59(53)39-25-27-44-43-17-8-11-22-54(43)60-55(44)34-39/h3-34H,1-2H3/i3D,4D,5D,13D,14D. The topological polar surface area (TPSA) is 23.0 Å². The highest BCUT2D eigenvalue weighted by Gasteiger charge is 2.37. The molecule has 0 spiro atoms. The van der Waals surface area contributed by atoms with Gasteiger partial charge in [-0.25, -0.2) is 0 Å². The molecule has 0 N–H and O–H groups in total. The van der Waals surface area contributed by atoms with Gasteiger partial charge in [-0.2, -0.15) is 0 Å². The van der Waals surface area contributed by atoms with Crippen LogP contribution in [0.1, 0.15) is 31.8 Å². The second-order valence-corrected chi connectivity index (χ2v) is 16.5. The molecule has 3 aromatic heterocycles. The molecule has 1 aliphatic rings. The minimum Gasteiger partial charge on any atom is -0.456 e. The lowest BCUT2D eigenvalue weighted by Gasteiger charge is -2.22. The molecule has 1 aliphatic carbocycles. The molecule has 0 saturated carbocycles. The van der Waals surface area contributed by atoms with Crippen molar-refractivity contribution in [2.45, 2.75) is 19.3 Å². The van der Waals surface area contributed by atoms with Gasteiger partial charge >= 0.3 is 0 Å². The van der Waals surface area contributed by atoms with Gasteiger partial charge in [0.25, 0.3) is 0 Å². The third kappa shape index (κ3) is 4.60. The van der Waals surface area contributed by atoms with Gasteiger partial charge in [0, 0.05) is 55.2 Å². The number of benzene rings is 9. The van der Waals surface area contributed by atoms with Crippen molar-refractivity contribution in [2.24, 2.45) is 0 Å². The van der Waals surface area contributed by atoms with Gasteiger partial charge in [0.2, 0.25) is 0 Å². The molecular formula is C57H38N2O. The highest BCUT2D eigenvalue weighted by molar-refractivity contribution is 6.13. The molecule has 282 valence electrons. The van der Waals surface area contributed by atoms with E-state index in [0.717, 1.165) is 99.5 Å². The molecule has 0 saturated heterocycles. The minimum absolute atomic E-state index is 0.194. The monoisotopic (exact) mass is 771 g/mol. The summed E-state index contributed by atoms with van der Waals surface area (Å²) in [6, 6.07) is 56.6. The summed E-state index contributed by atoms with van der Waals surface area (Å²) in [6.07, 6.45) is 0. The maximum absolute atomic E-state index is 8.83. The molecule has 12 aromatic rings. The lowest BCUT2D eigenvalue weighted by atomic mass is 9.82. The Bertz CT molecular complexity index is 4030. The van der Waals surface area contributed by atoms with Crippen LogP contribution in [0, 0.1) is 0 Å². The molecule has 3 heteroatoms. The van der Waals surface area contributed by atoms with E-state index in [1.54, 1.807) is 0 Å². The Balaban J connectivity index is 0.939. The first-order valence-electron chi connectivity index (χ1n) is 22.9. The van der Waals surface area contributed by atoms with Crippen LogP contribution >= 0.6 is 0 Å². The molecule has 13 rings (SSSR count). The Morgan fingerprint density at radius 2 is 1.00 bits per heavy atom. The Morgan fingerprint density at radius 1 is 0.417 bits per heavy atom. The number of rotatable bonds is 4. The number of furan rings is 1. The fraction of sp³-hybridized carbons (Fsp3) is 0.0526. The molecule has 60 heavy (non-hydrogen) atoms. The van der Waals surface area contributed by atoms with Crippen molar-refractivity contribution in [2.75, 3.05) is 0 Å². The van der Waals surface area contributed by atoms with E-state index >= 15 is 0 Å². The van der Waals surface area contributed by atoms with Crippen LogP contribution in [-0.4, -0.2) is 9.13 Å². The summed E-state index contributed by atoms with van der Waals surface area (Å²) < 4.78 is 53.7. The Kier molecular flexibility index (Phi) is 5.84. The molecule has 0 atom stereocenters. The van der Waals surface area contributed by atoms with Crippen LogP contribution in [0.4, 0.5) is 0 Å². The second-order valence-electron chi connectivity index (χ2n) is 16.5. The molecule has 9 aromatic carbocycles. The normalized spacial score (nSPS) is 14.5. The highest BCUT2D eigenvalue weighted by Crippen LogP contribution is 2.53. The lowest BCUT2D eigenvalue weighted by Crippen LogP contribution is -2.15. The predicted octanol–water partition coefficient (Wildman–Crippen LogP) is 15.4. The number of para-hydroxylation sites is 3. The van der Waals surface area contributed by atoms with Crippen LogP contribution < -0.4 is 0 Å². The van der Waals surface area contributed by atoms with Crippen molar-refractivity contribution in [1.82, 2.24) is 9.13 Å². The van der Waals surface area contributed by atoms with Crippen molar-refractivity contribution < 1.29 is 11.3 Å². The molecule has 0 fully saturated rings. The van der Waals surface area contributed by atoms with Crippen LogP contribution in [-0.2, 0) is 5.41 Å². The van der Waals surface area contributed by atoms with E-state index in [0.29, 0.717) is 5.56 Å². The average Bonchev–Trinajstić information content (AvgIpc) is 4.04. The SMILES string of the molecule is [2H]c1c([2H])c([2H])c(-c2cccc3c2-c2ccc(-n4c5ccccc5c5cc(-c6ccc7c(c6)c6ccccc6n7-c6ccc7c(c6)oc6ccccc67)ccc54)cc2C3(C)C)c([2H])c1[2H]. The molecule has 0 unspecified atom stereocenters. The summed E-state index contributed by atoms with van der Waals surface area (Å²) in [4.78, 5) is 0. The van der Waals surface area contributed by atoms with Crippen molar-refractivity contribution in [3.63, 3.8) is 0 Å². The van der Waals surface area contributed by atoms with Crippen molar-refractivity contribution in [3.8, 4) is 44.8 Å². The summed E-state index contributed by atoms with van der Waals surface area (Å²) in [6.45, 7) is 4.41. The van der Waals surface area contributed by atoms with Gasteiger partial charge in [0.15, 0.2) is 0 Å². The summed E-state index contributed by atoms with van der Waals surface area (Å²) in [5.74, 6) is 0. The quantitative estimate of drug-likeness (QED) is 0.175. The van der Waals surface area contributed by atoms with Crippen molar-refractivity contribution >= 4 is 65.6 Å². The van der Waals surface area contributed by atoms with Gasteiger partial charge in [-0.15, -0.1) is 0 Å². The zero-order valence-corrected chi connectivity index (χ0v) is 32.9. The first-order chi connectivity index (χ1) is 31.6. The highest BCUT2D eigenvalue weighted by atomic mass is 16.3. The molecule has 0 radical (unpaired) electrons. The summed E-state index contributed by atoms with van der Waals surface area (Å²) in [7, 11) is 0. The van der Waals surface area contributed by atoms with Crippen LogP contribution in [0.15, 0.2) is 198 Å². The van der Waals surface area contributed by atoms with Crippen LogP contribution in [0.5, 0.6) is 0 Å². The van der Waals surface area contributed by atoms with Crippen LogP contribution in [0.2, 0.25) is 0 Å². The van der Waals surface area contributed by atoms with E-state index in [2.05, 4.69) is 163 Å². The molecule has 3 heterocycles. The first-order valence-corrected chi connectivity index (χ1v) is 20.4. The third-order valence-electron chi connectivity index (χ3n) is 13.0. The predicted molar refractivity (Wildman–Crippen MR) is 251 cm³/mol. The van der Waals surface area contributed by atoms with E-state index in [9.17, 15) is 0 Å². The number of aromatic nitrogens is 2. The summed E-state index contributed by atoms with van der Waals surface area (Å²) in [5.41, 5.74) is 15.1. The molecule has 0 aliphatic heterocycles. The minimum atomic E-state index is -0.419. The van der Waals surface area contributed by atoms with Crippen molar-refractivity contribution in [3.05, 3.63) is 205 Å². The molecule has 0 bridgehead atoms. The zero-order chi connectivity index (χ0) is 44.0. The first kappa shape index (κ1) is 28.7. The number of fused-ring (bicyclic) bond motifs is 12. The number of hydrogen-bond acceptors (Lipinski definition) is 1. The van der Waals surface area contributed by atoms with Crippen LogP contribution in [0.3, 0.4) is 0 Å². The van der Waals surface area contributed by atoms with Gasteiger partial charge in [0.1, 0.15) is 11.2 Å². The van der Waals surface area contributed by atoms with Crippen LogP contribution in [0.25, 0.3) is 110 Å². The average molecular weight is 772 g/mol. The van der Waals surface area contributed by atoms with E-state index < -0.39 is 5.41 Å². The van der Waals surface area contributed by atoms with E-state index in [-0.39, 0.29) is 35.8 Å². The smallest absolute Gasteiger partial charge is 0.137 e. The van der Waals surface area contributed by atoms with E-state index in [1.165, 1.54) is 10.8 Å². The van der Waals surface area contributed by atoms with Gasteiger partial charge < -0.3 is 13.6 Å². The fourth-order valence-corrected chi connectivity index (χ4v) is 10.2. The van der Waals surface area contributed by atoms with Gasteiger partial charge in [0.05, 0.1) is 28.9 Å². The Morgan fingerprint density at radius 3 is 1.70 bits per heavy atom. The summed E-state index contributed by atoms with van der Waals surface area (Å²) in [5, 5.41) is 6.92. The van der Waals surface area contributed by atoms with Gasteiger partial charge in [-0.05, 0) is 111 Å². The molecular weight excluding hydrogens is 729 g/mol. The van der Waals surface area contributed by atoms with Crippen molar-refractivity contribution in [1.29, 1.82) is 0 Å². The molecule has 3 nitrogen and oxygen atoms in total. The third-order valence-corrected chi connectivity index (χ3v) is 13.0.